The van der Waals surface area contributed by atoms with Crippen molar-refractivity contribution in [2.45, 2.75) is 43.8 Å². The van der Waals surface area contributed by atoms with Gasteiger partial charge in [0, 0.05) is 11.4 Å². The molecule has 0 atom stereocenters. The summed E-state index contributed by atoms with van der Waals surface area (Å²) in [6.07, 6.45) is 5.06. The molecule has 0 spiro atoms. The van der Waals surface area contributed by atoms with Gasteiger partial charge in [-0.3, -0.25) is 14.2 Å². The van der Waals surface area contributed by atoms with Crippen LogP contribution in [0.4, 0.5) is 5.00 Å². The van der Waals surface area contributed by atoms with Gasteiger partial charge in [-0.2, -0.15) is 5.26 Å². The summed E-state index contributed by atoms with van der Waals surface area (Å²) in [7, 11) is 4.03. The van der Waals surface area contributed by atoms with E-state index >= 15 is 0 Å². The number of thioether (sulfide) groups is 1. The normalized spacial score (nSPS) is 13.3. The lowest BCUT2D eigenvalue weighted by atomic mass is 9.97. The molecular formula is C22H25N5O2S3. The van der Waals surface area contributed by atoms with Crippen LogP contribution in [0.3, 0.4) is 0 Å². The third-order valence-corrected chi connectivity index (χ3v) is 8.39. The van der Waals surface area contributed by atoms with Crippen LogP contribution in [0.1, 0.15) is 35.3 Å². The van der Waals surface area contributed by atoms with Crippen LogP contribution in [0.25, 0.3) is 10.2 Å². The monoisotopic (exact) mass is 487 g/mol. The highest BCUT2D eigenvalue weighted by molar-refractivity contribution is 7.99. The van der Waals surface area contributed by atoms with Crippen LogP contribution in [0.15, 0.2) is 21.4 Å². The number of amides is 1. The van der Waals surface area contributed by atoms with E-state index in [4.69, 9.17) is 10.2 Å². The largest absolute Gasteiger partial charge is 0.316 e. The first-order valence-electron chi connectivity index (χ1n) is 10.6. The Bertz CT molecular complexity index is 1230. The first kappa shape index (κ1) is 23.0. The second kappa shape index (κ2) is 10.2. The number of nitrogens with one attached hydrogen (secondary N) is 1. The second-order valence-corrected chi connectivity index (χ2v) is 11.0. The molecule has 3 aromatic heterocycles. The first-order chi connectivity index (χ1) is 15.5. The van der Waals surface area contributed by atoms with Crippen molar-refractivity contribution in [2.75, 3.05) is 31.7 Å². The van der Waals surface area contributed by atoms with Gasteiger partial charge in [0.2, 0.25) is 5.91 Å². The summed E-state index contributed by atoms with van der Waals surface area (Å²) >= 11 is 4.23. The minimum absolute atomic E-state index is 0.0149. The maximum atomic E-state index is 13.5. The van der Waals surface area contributed by atoms with E-state index in [1.54, 1.807) is 27.4 Å². The molecule has 0 radical (unpaired) electrons. The van der Waals surface area contributed by atoms with Gasteiger partial charge in [-0.05, 0) is 69.8 Å². The van der Waals surface area contributed by atoms with Crippen molar-refractivity contribution in [1.82, 2.24) is 14.5 Å². The van der Waals surface area contributed by atoms with Gasteiger partial charge in [0.05, 0.1) is 16.7 Å². The fourth-order valence-corrected chi connectivity index (χ4v) is 6.74. The van der Waals surface area contributed by atoms with E-state index in [9.17, 15) is 9.59 Å². The van der Waals surface area contributed by atoms with Gasteiger partial charge in [0.15, 0.2) is 5.16 Å². The van der Waals surface area contributed by atoms with E-state index < -0.39 is 0 Å². The molecule has 1 amide bonds. The summed E-state index contributed by atoms with van der Waals surface area (Å²) in [5.41, 5.74) is 1.66. The lowest BCUT2D eigenvalue weighted by Crippen LogP contribution is -2.26. The average molecular weight is 488 g/mol. The summed E-state index contributed by atoms with van der Waals surface area (Å²) in [5, 5.41) is 15.6. The molecule has 0 saturated heterocycles. The van der Waals surface area contributed by atoms with Gasteiger partial charge < -0.3 is 10.2 Å². The number of carbonyl (C=O) groups is 1. The third-order valence-electron chi connectivity index (χ3n) is 5.40. The molecule has 0 unspecified atom stereocenters. The second-order valence-electron chi connectivity index (χ2n) is 8.01. The van der Waals surface area contributed by atoms with Crippen molar-refractivity contribution in [3.05, 3.63) is 37.8 Å². The Morgan fingerprint density at radius 3 is 2.97 bits per heavy atom. The Labute approximate surface area is 199 Å². The number of aryl methyl sites for hydroxylation is 2. The minimum atomic E-state index is -0.214. The van der Waals surface area contributed by atoms with Crippen LogP contribution >= 0.6 is 34.4 Å². The van der Waals surface area contributed by atoms with Crippen molar-refractivity contribution in [3.63, 3.8) is 0 Å². The standard InChI is InChI=1S/C22H25N5O2S3/c1-26(2)9-5-10-27-21(29)18-15-6-3-4-7-16(15)32-20(18)25-22(27)31-13-17(28)24-19-14(12-23)8-11-30-19/h8,11H,3-7,9-10,13H2,1-2H3,(H,24,28). The van der Waals surface area contributed by atoms with Crippen molar-refractivity contribution in [3.8, 4) is 6.07 Å². The Balaban J connectivity index is 1.60. The van der Waals surface area contributed by atoms with E-state index in [1.165, 1.54) is 33.5 Å². The van der Waals surface area contributed by atoms with E-state index in [0.29, 0.717) is 22.3 Å². The number of hydrogen-bond acceptors (Lipinski definition) is 8. The van der Waals surface area contributed by atoms with Gasteiger partial charge in [0.25, 0.3) is 5.56 Å². The van der Waals surface area contributed by atoms with Gasteiger partial charge in [0.1, 0.15) is 15.9 Å². The molecule has 7 nitrogen and oxygen atoms in total. The lowest BCUT2D eigenvalue weighted by molar-refractivity contribution is -0.113. The summed E-state index contributed by atoms with van der Waals surface area (Å²) in [4.78, 5) is 35.0. The smallest absolute Gasteiger partial charge is 0.263 e. The molecule has 1 aliphatic carbocycles. The lowest BCUT2D eigenvalue weighted by Gasteiger charge is -2.15. The molecule has 0 bridgehead atoms. The van der Waals surface area contributed by atoms with Crippen molar-refractivity contribution < 1.29 is 4.79 Å². The zero-order valence-electron chi connectivity index (χ0n) is 18.1. The van der Waals surface area contributed by atoms with Gasteiger partial charge in [-0.15, -0.1) is 22.7 Å². The number of thiophene rings is 2. The number of nitriles is 1. The quantitative estimate of drug-likeness (QED) is 0.382. The molecule has 0 fully saturated rings. The highest BCUT2D eigenvalue weighted by Crippen LogP contribution is 2.34. The predicted octanol–water partition coefficient (Wildman–Crippen LogP) is 3.95. The predicted molar refractivity (Wildman–Crippen MR) is 132 cm³/mol. The third kappa shape index (κ3) is 4.91. The number of fused-ring (bicyclic) bond motifs is 3. The Kier molecular flexibility index (Phi) is 7.30. The maximum absolute atomic E-state index is 13.5. The molecule has 3 heterocycles. The van der Waals surface area contributed by atoms with Gasteiger partial charge in [-0.25, -0.2) is 4.98 Å². The van der Waals surface area contributed by atoms with Gasteiger partial charge in [-0.1, -0.05) is 11.8 Å². The van der Waals surface area contributed by atoms with Crippen LogP contribution in [-0.4, -0.2) is 46.8 Å². The van der Waals surface area contributed by atoms with E-state index in [-0.39, 0.29) is 17.2 Å². The van der Waals surface area contributed by atoms with E-state index in [1.807, 2.05) is 14.1 Å². The Morgan fingerprint density at radius 2 is 2.19 bits per heavy atom. The minimum Gasteiger partial charge on any atom is -0.316 e. The number of hydrogen-bond donors (Lipinski definition) is 1. The zero-order valence-corrected chi connectivity index (χ0v) is 20.6. The maximum Gasteiger partial charge on any atom is 0.263 e. The summed E-state index contributed by atoms with van der Waals surface area (Å²) in [6.45, 7) is 1.43. The van der Waals surface area contributed by atoms with E-state index in [0.717, 1.165) is 48.9 Å². The number of aromatic nitrogens is 2. The molecule has 3 aromatic rings. The van der Waals surface area contributed by atoms with Crippen LogP contribution in [-0.2, 0) is 24.2 Å². The highest BCUT2D eigenvalue weighted by Gasteiger charge is 2.22. The Morgan fingerprint density at radius 1 is 1.38 bits per heavy atom. The Hall–Kier alpha value is -2.19. The first-order valence-corrected chi connectivity index (χ1v) is 13.3. The van der Waals surface area contributed by atoms with Crippen LogP contribution < -0.4 is 10.9 Å². The molecular weight excluding hydrogens is 462 g/mol. The zero-order chi connectivity index (χ0) is 22.7. The molecule has 32 heavy (non-hydrogen) atoms. The SMILES string of the molecule is CN(C)CCCn1c(SCC(=O)Nc2sccc2C#N)nc2sc3c(c2c1=O)CCCC3. The molecule has 1 N–H and O–H groups in total. The van der Waals surface area contributed by atoms with Crippen molar-refractivity contribution in [2.24, 2.45) is 0 Å². The van der Waals surface area contributed by atoms with E-state index in [2.05, 4.69) is 16.3 Å². The van der Waals surface area contributed by atoms with Gasteiger partial charge >= 0.3 is 0 Å². The number of anilines is 1. The molecule has 0 saturated carbocycles. The summed E-state index contributed by atoms with van der Waals surface area (Å²) < 4.78 is 1.75. The number of nitrogens with zero attached hydrogens (tertiary/aromatic N) is 4. The van der Waals surface area contributed by atoms with Crippen LogP contribution in [0.2, 0.25) is 0 Å². The molecule has 10 heteroatoms. The molecule has 0 aromatic carbocycles. The number of rotatable bonds is 8. The van der Waals surface area contributed by atoms with Crippen molar-refractivity contribution in [1.29, 1.82) is 5.26 Å². The fourth-order valence-electron chi connectivity index (χ4n) is 3.86. The molecule has 168 valence electrons. The molecule has 0 aliphatic heterocycles. The summed E-state index contributed by atoms with van der Waals surface area (Å²) in [6, 6.07) is 3.76. The van der Waals surface area contributed by atoms with Crippen LogP contribution in [0.5, 0.6) is 0 Å². The molecule has 4 rings (SSSR count). The molecule has 1 aliphatic rings. The number of carbonyl (C=O) groups excluding carboxylic acids is 1. The highest BCUT2D eigenvalue weighted by atomic mass is 32.2. The van der Waals surface area contributed by atoms with Crippen LogP contribution in [0, 0.1) is 11.3 Å². The topological polar surface area (TPSA) is 91.0 Å². The summed E-state index contributed by atoms with van der Waals surface area (Å²) in [5.74, 6) is -0.0898. The average Bonchev–Trinajstić information content (AvgIpc) is 3.37. The van der Waals surface area contributed by atoms with Crippen molar-refractivity contribution >= 4 is 55.6 Å². The fraction of sp³-hybridized carbons (Fsp3) is 0.455.